The van der Waals surface area contributed by atoms with Crippen LogP contribution in [0.1, 0.15) is 12.0 Å². The van der Waals surface area contributed by atoms with Gasteiger partial charge in [0, 0.05) is 6.42 Å². The summed E-state index contributed by atoms with van der Waals surface area (Å²) in [7, 11) is 1.59. The third kappa shape index (κ3) is 6.47. The number of rotatable bonds is 9. The van der Waals surface area contributed by atoms with E-state index >= 15 is 0 Å². The topological polar surface area (TPSA) is 196 Å². The van der Waals surface area contributed by atoms with Gasteiger partial charge < -0.3 is 54.7 Å². The maximum Gasteiger partial charge on any atom is 0.187 e. The Balaban J connectivity index is 1.39. The van der Waals surface area contributed by atoms with Gasteiger partial charge in [0.1, 0.15) is 54.6 Å². The summed E-state index contributed by atoms with van der Waals surface area (Å²) in [6.45, 7) is -1.36. The Kier molecular flexibility index (Phi) is 9.67. The first-order valence-electron chi connectivity index (χ1n) is 12.5. The number of hydrogen-bond donors (Lipinski definition) is 7. The molecule has 12 heteroatoms. The van der Waals surface area contributed by atoms with Crippen LogP contribution in [0.3, 0.4) is 0 Å². The van der Waals surface area contributed by atoms with Crippen LogP contribution in [0, 0.1) is 0 Å². The van der Waals surface area contributed by atoms with Gasteiger partial charge in [0.25, 0.3) is 0 Å². The van der Waals surface area contributed by atoms with Gasteiger partial charge >= 0.3 is 0 Å². The first-order valence-corrected chi connectivity index (χ1v) is 12.5. The molecule has 0 bridgehead atoms. The standard InChI is InChI=1S/C27H34O12/c1-36-17-7-5-14-8-13(2-4-15(14)9-17)3-6-16(30)10-18-21(31)24(34)26(20(12-29)37-18)39-27-25(35)23(33)22(32)19(11-28)38-27/h2-9,18-29,31-35H,10-12H2,1H3/b6-3+/t18-,19?,20?,21?,22-,23?,24?,25?,26+,27-/m0/s1. The van der Waals surface area contributed by atoms with E-state index in [2.05, 4.69) is 0 Å². The van der Waals surface area contributed by atoms with Crippen LogP contribution in [0.4, 0.5) is 0 Å². The third-order valence-corrected chi connectivity index (χ3v) is 7.04. The zero-order chi connectivity index (χ0) is 28.3. The van der Waals surface area contributed by atoms with Crippen molar-refractivity contribution in [1.82, 2.24) is 0 Å². The molecule has 2 aliphatic rings. The second-order valence-corrected chi connectivity index (χ2v) is 9.65. The molecule has 0 amide bonds. The van der Waals surface area contributed by atoms with E-state index in [0.717, 1.165) is 22.1 Å². The second-order valence-electron chi connectivity index (χ2n) is 9.65. The lowest BCUT2D eigenvalue weighted by Gasteiger charge is -2.46. The number of benzene rings is 2. The first-order chi connectivity index (χ1) is 18.7. The lowest BCUT2D eigenvalue weighted by atomic mass is 9.92. The Morgan fingerprint density at radius 2 is 1.49 bits per heavy atom. The van der Waals surface area contributed by atoms with Gasteiger partial charge in [0.2, 0.25) is 0 Å². The predicted molar refractivity (Wildman–Crippen MR) is 136 cm³/mol. The molecule has 7 N–H and O–H groups in total. The van der Waals surface area contributed by atoms with Crippen molar-refractivity contribution in [3.05, 3.63) is 48.0 Å². The Morgan fingerprint density at radius 1 is 0.821 bits per heavy atom. The van der Waals surface area contributed by atoms with Crippen LogP contribution >= 0.6 is 0 Å². The monoisotopic (exact) mass is 550 g/mol. The molecule has 2 saturated heterocycles. The zero-order valence-electron chi connectivity index (χ0n) is 21.2. The number of carbonyl (C=O) groups is 1. The minimum atomic E-state index is -1.76. The summed E-state index contributed by atoms with van der Waals surface area (Å²) in [6, 6.07) is 11.3. The van der Waals surface area contributed by atoms with Crippen molar-refractivity contribution in [3.63, 3.8) is 0 Å². The number of fused-ring (bicyclic) bond motifs is 1. The van der Waals surface area contributed by atoms with Gasteiger partial charge in [-0.25, -0.2) is 0 Å². The van der Waals surface area contributed by atoms with E-state index < -0.39 is 80.2 Å². The van der Waals surface area contributed by atoms with Crippen LogP contribution in [0.5, 0.6) is 5.75 Å². The Bertz CT molecular complexity index is 1150. The Labute approximate surface area is 224 Å². The van der Waals surface area contributed by atoms with E-state index in [1.807, 2.05) is 36.4 Å². The van der Waals surface area contributed by atoms with Gasteiger partial charge in [-0.15, -0.1) is 0 Å². The van der Waals surface area contributed by atoms with E-state index in [1.54, 1.807) is 13.2 Å². The van der Waals surface area contributed by atoms with Crippen LogP contribution in [0.15, 0.2) is 42.5 Å². The van der Waals surface area contributed by atoms with E-state index in [1.165, 1.54) is 6.08 Å². The highest BCUT2D eigenvalue weighted by molar-refractivity contribution is 5.95. The average Bonchev–Trinajstić information content (AvgIpc) is 2.95. The van der Waals surface area contributed by atoms with Crippen molar-refractivity contribution < 1.29 is 59.5 Å². The quantitative estimate of drug-likeness (QED) is 0.179. The average molecular weight is 551 g/mol. The van der Waals surface area contributed by atoms with Crippen LogP contribution in [-0.4, -0.2) is 123 Å². The van der Waals surface area contributed by atoms with Gasteiger partial charge in [-0.3, -0.25) is 4.79 Å². The molecule has 2 aliphatic heterocycles. The van der Waals surface area contributed by atoms with Crippen molar-refractivity contribution in [2.24, 2.45) is 0 Å². The summed E-state index contributed by atoms with van der Waals surface area (Å²) in [5.74, 6) is 0.335. The van der Waals surface area contributed by atoms with Crippen LogP contribution in [0.2, 0.25) is 0 Å². The summed E-state index contributed by atoms with van der Waals surface area (Å²) in [5, 5.41) is 72.6. The first kappa shape index (κ1) is 29.5. The maximum absolute atomic E-state index is 12.7. The van der Waals surface area contributed by atoms with E-state index in [9.17, 15) is 40.5 Å². The summed E-state index contributed by atoms with van der Waals surface area (Å²) in [4.78, 5) is 12.7. The van der Waals surface area contributed by atoms with Crippen LogP contribution in [0.25, 0.3) is 16.8 Å². The van der Waals surface area contributed by atoms with Crippen molar-refractivity contribution >= 4 is 22.6 Å². The molecule has 0 radical (unpaired) electrons. The number of allylic oxidation sites excluding steroid dienone is 1. The molecule has 214 valence electrons. The second kappa shape index (κ2) is 12.8. The largest absolute Gasteiger partial charge is 0.497 e. The van der Waals surface area contributed by atoms with Gasteiger partial charge in [-0.1, -0.05) is 24.3 Å². The maximum atomic E-state index is 12.7. The van der Waals surface area contributed by atoms with Crippen molar-refractivity contribution in [2.45, 2.75) is 67.6 Å². The van der Waals surface area contributed by atoms with Crippen LogP contribution in [-0.2, 0) is 19.0 Å². The number of ketones is 1. The number of carbonyl (C=O) groups excluding carboxylic acids is 1. The predicted octanol–water partition coefficient (Wildman–Crippen LogP) is -1.51. The molecule has 0 aromatic heterocycles. The highest BCUT2D eigenvalue weighted by Crippen LogP contribution is 2.30. The molecule has 6 unspecified atom stereocenters. The van der Waals surface area contributed by atoms with Gasteiger partial charge in [-0.05, 0) is 40.6 Å². The molecule has 39 heavy (non-hydrogen) atoms. The highest BCUT2D eigenvalue weighted by atomic mass is 16.7. The Morgan fingerprint density at radius 3 is 2.18 bits per heavy atom. The molecule has 0 spiro atoms. The summed E-state index contributed by atoms with van der Waals surface area (Å²) < 4.78 is 21.7. The summed E-state index contributed by atoms with van der Waals surface area (Å²) in [6.07, 6.45) is -12.4. The van der Waals surface area contributed by atoms with Crippen molar-refractivity contribution in [2.75, 3.05) is 20.3 Å². The van der Waals surface area contributed by atoms with Crippen LogP contribution < -0.4 is 4.74 Å². The molecule has 12 nitrogen and oxygen atoms in total. The minimum Gasteiger partial charge on any atom is -0.497 e. The lowest BCUT2D eigenvalue weighted by Crippen LogP contribution is -2.64. The van der Waals surface area contributed by atoms with E-state index in [0.29, 0.717) is 0 Å². The molecule has 0 aliphatic carbocycles. The van der Waals surface area contributed by atoms with E-state index in [4.69, 9.17) is 18.9 Å². The molecule has 2 fully saturated rings. The molecule has 2 heterocycles. The SMILES string of the molecule is COc1ccc2cc(/C=C/C(=O)C[C@@H]3OC(CO)[C@@H](O[C@@H]4OC(CO)[C@H](O)C(O)C4O)C(O)C3O)ccc2c1. The van der Waals surface area contributed by atoms with Gasteiger partial charge in [-0.2, -0.15) is 0 Å². The highest BCUT2D eigenvalue weighted by Gasteiger charge is 2.50. The number of aliphatic hydroxyl groups excluding tert-OH is 7. The van der Waals surface area contributed by atoms with Crippen molar-refractivity contribution in [1.29, 1.82) is 0 Å². The number of hydrogen-bond acceptors (Lipinski definition) is 12. The minimum absolute atomic E-state index is 0.303. The normalized spacial score (nSPS) is 35.4. The smallest absolute Gasteiger partial charge is 0.187 e. The third-order valence-electron chi connectivity index (χ3n) is 7.04. The number of ether oxygens (including phenoxy) is 4. The fourth-order valence-corrected chi connectivity index (χ4v) is 4.76. The Hall–Kier alpha value is -2.49. The lowest BCUT2D eigenvalue weighted by molar-refractivity contribution is -0.341. The number of methoxy groups -OCH3 is 1. The zero-order valence-corrected chi connectivity index (χ0v) is 21.2. The van der Waals surface area contributed by atoms with Crippen molar-refractivity contribution in [3.8, 4) is 5.75 Å². The molecule has 10 atom stereocenters. The molecule has 0 saturated carbocycles. The van der Waals surface area contributed by atoms with E-state index in [-0.39, 0.29) is 6.42 Å². The molecule has 4 rings (SSSR count). The molecular formula is C27H34O12. The van der Waals surface area contributed by atoms with Gasteiger partial charge in [0.15, 0.2) is 12.1 Å². The summed E-state index contributed by atoms with van der Waals surface area (Å²) >= 11 is 0. The fourth-order valence-electron chi connectivity index (χ4n) is 4.76. The molecular weight excluding hydrogens is 516 g/mol. The molecule has 2 aromatic carbocycles. The fraction of sp³-hybridized carbons (Fsp3) is 0.519. The number of aliphatic hydroxyl groups is 7. The van der Waals surface area contributed by atoms with Gasteiger partial charge in [0.05, 0.1) is 26.4 Å². The summed E-state index contributed by atoms with van der Waals surface area (Å²) in [5.41, 5.74) is 0.771. The molecule has 2 aromatic rings.